The number of aliphatic hydroxyl groups excluding tert-OH is 2. The average Bonchev–Trinajstić information content (AvgIpc) is 2.77. The molecule has 110 valence electrons. The fourth-order valence-electron chi connectivity index (χ4n) is 2.65. The van der Waals surface area contributed by atoms with E-state index >= 15 is 0 Å². The number of nitrogens with zero attached hydrogens (tertiary/aromatic N) is 1. The highest BCUT2D eigenvalue weighted by Crippen LogP contribution is 2.22. The first-order valence-corrected chi connectivity index (χ1v) is 7.69. The van der Waals surface area contributed by atoms with Crippen LogP contribution in [0.3, 0.4) is 0 Å². The van der Waals surface area contributed by atoms with Crippen LogP contribution in [-0.2, 0) is 26.2 Å². The number of hydrogen-bond acceptors (Lipinski definition) is 2. The minimum absolute atomic E-state index is 0.0236. The smallest absolute Gasteiger partial charge is 0.119 e. The molecule has 0 aliphatic carbocycles. The molecule has 0 aromatic carbocycles. The van der Waals surface area contributed by atoms with Crippen LogP contribution in [0.15, 0.2) is 6.20 Å². The van der Waals surface area contributed by atoms with Crippen molar-refractivity contribution in [3.63, 3.8) is 0 Å². The lowest BCUT2D eigenvalue weighted by molar-refractivity contribution is 0.192. The SMILES string of the molecule is CCCCCc1cn(CO)c(CO)c1CCCCC. The summed E-state index contributed by atoms with van der Waals surface area (Å²) in [6.45, 7) is 4.40. The number of hydrogen-bond donors (Lipinski definition) is 2. The molecule has 2 N–H and O–H groups in total. The molecule has 0 saturated heterocycles. The highest BCUT2D eigenvalue weighted by molar-refractivity contribution is 5.32. The number of unbranched alkanes of at least 4 members (excludes halogenated alkanes) is 4. The quantitative estimate of drug-likeness (QED) is 0.638. The van der Waals surface area contributed by atoms with Gasteiger partial charge in [-0.2, -0.15) is 0 Å². The van der Waals surface area contributed by atoms with Crippen LogP contribution in [0.2, 0.25) is 0 Å². The largest absolute Gasteiger partial charge is 0.390 e. The van der Waals surface area contributed by atoms with Gasteiger partial charge in [-0.3, -0.25) is 0 Å². The molecule has 0 amide bonds. The Morgan fingerprint density at radius 3 is 2.11 bits per heavy atom. The van der Waals surface area contributed by atoms with Crippen molar-refractivity contribution in [1.29, 1.82) is 0 Å². The van der Waals surface area contributed by atoms with E-state index in [2.05, 4.69) is 13.8 Å². The maximum atomic E-state index is 9.54. The van der Waals surface area contributed by atoms with Crippen molar-refractivity contribution in [2.24, 2.45) is 0 Å². The van der Waals surface area contributed by atoms with Crippen LogP contribution in [-0.4, -0.2) is 14.8 Å². The van der Waals surface area contributed by atoms with Crippen molar-refractivity contribution in [3.05, 3.63) is 23.0 Å². The van der Waals surface area contributed by atoms with Crippen molar-refractivity contribution in [2.45, 2.75) is 78.6 Å². The molecular formula is C16H29NO2. The minimum Gasteiger partial charge on any atom is -0.390 e. The summed E-state index contributed by atoms with van der Waals surface area (Å²) in [5, 5.41) is 18.9. The molecule has 19 heavy (non-hydrogen) atoms. The van der Waals surface area contributed by atoms with E-state index in [4.69, 9.17) is 0 Å². The molecule has 3 heteroatoms. The van der Waals surface area contributed by atoms with E-state index in [0.717, 1.165) is 18.5 Å². The topological polar surface area (TPSA) is 45.4 Å². The Labute approximate surface area is 117 Å². The summed E-state index contributed by atoms with van der Waals surface area (Å²) in [6.07, 6.45) is 11.4. The first kappa shape index (κ1) is 16.3. The van der Waals surface area contributed by atoms with Crippen molar-refractivity contribution in [1.82, 2.24) is 4.57 Å². The van der Waals surface area contributed by atoms with E-state index in [1.807, 2.05) is 6.20 Å². The van der Waals surface area contributed by atoms with Gasteiger partial charge < -0.3 is 14.8 Å². The molecule has 0 saturated carbocycles. The summed E-state index contributed by atoms with van der Waals surface area (Å²) >= 11 is 0. The van der Waals surface area contributed by atoms with Gasteiger partial charge >= 0.3 is 0 Å². The van der Waals surface area contributed by atoms with Gasteiger partial charge in [0, 0.05) is 11.9 Å². The number of aryl methyl sites for hydroxylation is 1. The Morgan fingerprint density at radius 1 is 0.947 bits per heavy atom. The molecular weight excluding hydrogens is 238 g/mol. The second kappa shape index (κ2) is 9.16. The monoisotopic (exact) mass is 267 g/mol. The lowest BCUT2D eigenvalue weighted by Gasteiger charge is -2.07. The fraction of sp³-hybridized carbons (Fsp3) is 0.750. The van der Waals surface area contributed by atoms with Gasteiger partial charge in [-0.25, -0.2) is 0 Å². The second-order valence-corrected chi connectivity index (χ2v) is 5.26. The van der Waals surface area contributed by atoms with Gasteiger partial charge in [0.05, 0.1) is 6.61 Å². The lowest BCUT2D eigenvalue weighted by atomic mass is 9.99. The van der Waals surface area contributed by atoms with E-state index in [-0.39, 0.29) is 13.3 Å². The third-order valence-corrected chi connectivity index (χ3v) is 3.78. The number of aromatic nitrogens is 1. The molecule has 0 atom stereocenters. The zero-order valence-corrected chi connectivity index (χ0v) is 12.5. The summed E-state index contributed by atoms with van der Waals surface area (Å²) in [5.74, 6) is 0. The van der Waals surface area contributed by atoms with Crippen LogP contribution in [0, 0.1) is 0 Å². The molecule has 0 spiro atoms. The zero-order chi connectivity index (χ0) is 14.1. The Bertz CT molecular complexity index is 358. The van der Waals surface area contributed by atoms with Crippen molar-refractivity contribution in [3.8, 4) is 0 Å². The molecule has 0 fully saturated rings. The predicted molar refractivity (Wildman–Crippen MR) is 79.0 cm³/mol. The van der Waals surface area contributed by atoms with E-state index < -0.39 is 0 Å². The van der Waals surface area contributed by atoms with Gasteiger partial charge in [-0.15, -0.1) is 0 Å². The van der Waals surface area contributed by atoms with Crippen LogP contribution >= 0.6 is 0 Å². The second-order valence-electron chi connectivity index (χ2n) is 5.26. The standard InChI is InChI=1S/C16H29NO2/c1-3-5-7-9-14-11-17(13-19)16(12-18)15(14)10-8-6-4-2/h11,18-19H,3-10,12-13H2,1-2H3. The number of aliphatic hydroxyl groups is 2. The maximum Gasteiger partial charge on any atom is 0.119 e. The molecule has 0 aliphatic heterocycles. The molecule has 1 aromatic heterocycles. The van der Waals surface area contributed by atoms with Crippen LogP contribution in [0.5, 0.6) is 0 Å². The first-order valence-electron chi connectivity index (χ1n) is 7.69. The van der Waals surface area contributed by atoms with Crippen molar-refractivity contribution >= 4 is 0 Å². The van der Waals surface area contributed by atoms with Gasteiger partial charge in [0.2, 0.25) is 0 Å². The third-order valence-electron chi connectivity index (χ3n) is 3.78. The average molecular weight is 267 g/mol. The first-order chi connectivity index (χ1) is 9.28. The Kier molecular flexibility index (Phi) is 7.84. The van der Waals surface area contributed by atoms with E-state index in [0.29, 0.717) is 0 Å². The molecule has 1 aromatic rings. The highest BCUT2D eigenvalue weighted by Gasteiger charge is 2.14. The molecule has 0 aliphatic rings. The number of rotatable bonds is 10. The van der Waals surface area contributed by atoms with E-state index in [9.17, 15) is 10.2 Å². The molecule has 0 radical (unpaired) electrons. The van der Waals surface area contributed by atoms with Crippen LogP contribution < -0.4 is 0 Å². The van der Waals surface area contributed by atoms with Gasteiger partial charge in [-0.1, -0.05) is 39.5 Å². The molecule has 1 rings (SSSR count). The van der Waals surface area contributed by atoms with Crippen LogP contribution in [0.4, 0.5) is 0 Å². The Hall–Kier alpha value is -0.800. The Morgan fingerprint density at radius 2 is 1.58 bits per heavy atom. The molecule has 1 heterocycles. The molecule has 0 unspecified atom stereocenters. The van der Waals surface area contributed by atoms with E-state index in [1.54, 1.807) is 4.57 Å². The molecule has 0 bridgehead atoms. The lowest BCUT2D eigenvalue weighted by Crippen LogP contribution is -2.03. The minimum atomic E-state index is -0.0373. The van der Waals surface area contributed by atoms with Gasteiger partial charge in [0.25, 0.3) is 0 Å². The summed E-state index contributed by atoms with van der Waals surface area (Å²) in [7, 11) is 0. The van der Waals surface area contributed by atoms with E-state index in [1.165, 1.54) is 49.7 Å². The summed E-state index contributed by atoms with van der Waals surface area (Å²) < 4.78 is 1.79. The van der Waals surface area contributed by atoms with Gasteiger partial charge in [0.1, 0.15) is 6.73 Å². The van der Waals surface area contributed by atoms with Gasteiger partial charge in [-0.05, 0) is 36.8 Å². The molecule has 3 nitrogen and oxygen atoms in total. The maximum absolute atomic E-state index is 9.54. The summed E-state index contributed by atoms with van der Waals surface area (Å²) in [6, 6.07) is 0. The Balaban J connectivity index is 2.82. The zero-order valence-electron chi connectivity index (χ0n) is 12.5. The third kappa shape index (κ3) is 4.66. The normalized spacial score (nSPS) is 11.2. The summed E-state index contributed by atoms with van der Waals surface area (Å²) in [4.78, 5) is 0. The van der Waals surface area contributed by atoms with Gasteiger partial charge in [0.15, 0.2) is 0 Å². The van der Waals surface area contributed by atoms with Crippen LogP contribution in [0.1, 0.15) is 69.2 Å². The fourth-order valence-corrected chi connectivity index (χ4v) is 2.65. The highest BCUT2D eigenvalue weighted by atomic mass is 16.3. The van der Waals surface area contributed by atoms with Crippen molar-refractivity contribution in [2.75, 3.05) is 0 Å². The predicted octanol–water partition coefficient (Wildman–Crippen LogP) is 3.40. The van der Waals surface area contributed by atoms with Crippen molar-refractivity contribution < 1.29 is 10.2 Å². The van der Waals surface area contributed by atoms with Crippen LogP contribution in [0.25, 0.3) is 0 Å². The summed E-state index contributed by atoms with van der Waals surface area (Å²) in [5.41, 5.74) is 3.51.